The highest BCUT2D eigenvalue weighted by Gasteiger charge is 2.27. The average Bonchev–Trinajstić information content (AvgIpc) is 2.74. The number of nitrogens with one attached hydrogen (secondary N) is 1. The molecule has 0 spiro atoms. The zero-order valence-corrected chi connectivity index (χ0v) is 9.56. The van der Waals surface area contributed by atoms with E-state index in [0.29, 0.717) is 18.6 Å². The van der Waals surface area contributed by atoms with Gasteiger partial charge in [0.05, 0.1) is 6.61 Å². The molecular formula is C13H12FNO3. The van der Waals surface area contributed by atoms with Crippen molar-refractivity contribution in [2.24, 2.45) is 0 Å². The van der Waals surface area contributed by atoms with Crippen LogP contribution in [0.25, 0.3) is 6.08 Å². The third-order valence-electron chi connectivity index (χ3n) is 2.55. The number of cyclic esters (lactones) is 1. The first-order valence-corrected chi connectivity index (χ1v) is 5.56. The molecule has 1 N–H and O–H groups in total. The molecule has 1 amide bonds. The Hall–Kier alpha value is -2.17. The minimum absolute atomic E-state index is 0.328. The van der Waals surface area contributed by atoms with Gasteiger partial charge in [-0.25, -0.2) is 9.18 Å². The Morgan fingerprint density at radius 1 is 1.39 bits per heavy atom. The van der Waals surface area contributed by atoms with Crippen LogP contribution in [0.4, 0.5) is 4.39 Å². The number of esters is 1. The Morgan fingerprint density at radius 3 is 2.72 bits per heavy atom. The molecule has 1 aromatic carbocycles. The van der Waals surface area contributed by atoms with E-state index in [4.69, 9.17) is 4.74 Å². The molecule has 1 fully saturated rings. The molecule has 1 saturated heterocycles. The normalized spacial score (nSPS) is 18.9. The van der Waals surface area contributed by atoms with Crippen LogP contribution in [-0.4, -0.2) is 24.5 Å². The Kier molecular flexibility index (Phi) is 3.72. The fourth-order valence-corrected chi connectivity index (χ4v) is 1.59. The second kappa shape index (κ2) is 5.44. The molecule has 1 aromatic rings. The summed E-state index contributed by atoms with van der Waals surface area (Å²) in [5.41, 5.74) is 0.709. The van der Waals surface area contributed by atoms with E-state index in [2.05, 4.69) is 5.32 Å². The molecule has 0 unspecified atom stereocenters. The van der Waals surface area contributed by atoms with Crippen LogP contribution in [0.15, 0.2) is 30.3 Å². The van der Waals surface area contributed by atoms with Gasteiger partial charge in [0.25, 0.3) is 0 Å². The maximum atomic E-state index is 12.6. The van der Waals surface area contributed by atoms with Gasteiger partial charge in [-0.3, -0.25) is 4.79 Å². The second-order valence-electron chi connectivity index (χ2n) is 3.90. The SMILES string of the molecule is O=C(/C=C/c1ccc(F)cc1)N[C@H]1CCOC1=O. The molecule has 0 saturated carbocycles. The van der Waals surface area contributed by atoms with Crippen molar-refractivity contribution >= 4 is 18.0 Å². The lowest BCUT2D eigenvalue weighted by Crippen LogP contribution is -2.36. The molecule has 0 aliphatic carbocycles. The number of hydrogen-bond acceptors (Lipinski definition) is 3. The summed E-state index contributed by atoms with van der Waals surface area (Å²) in [7, 11) is 0. The summed E-state index contributed by atoms with van der Waals surface area (Å²) < 4.78 is 17.4. The van der Waals surface area contributed by atoms with Gasteiger partial charge >= 0.3 is 5.97 Å². The van der Waals surface area contributed by atoms with Crippen LogP contribution in [0, 0.1) is 5.82 Å². The van der Waals surface area contributed by atoms with Crippen LogP contribution < -0.4 is 5.32 Å². The van der Waals surface area contributed by atoms with E-state index in [1.165, 1.54) is 18.2 Å². The van der Waals surface area contributed by atoms with Crippen molar-refractivity contribution in [1.82, 2.24) is 5.32 Å². The lowest BCUT2D eigenvalue weighted by atomic mass is 10.2. The summed E-state index contributed by atoms with van der Waals surface area (Å²) in [6.07, 6.45) is 3.35. The zero-order valence-electron chi connectivity index (χ0n) is 9.56. The number of rotatable bonds is 3. The van der Waals surface area contributed by atoms with Crippen LogP contribution in [0.5, 0.6) is 0 Å². The summed E-state index contributed by atoms with van der Waals surface area (Å²) >= 11 is 0. The fraction of sp³-hybridized carbons (Fsp3) is 0.231. The summed E-state index contributed by atoms with van der Waals surface area (Å²) in [5, 5.41) is 2.54. The van der Waals surface area contributed by atoms with Gasteiger partial charge in [-0.05, 0) is 23.8 Å². The predicted octanol–water partition coefficient (Wildman–Crippen LogP) is 1.27. The Labute approximate surface area is 103 Å². The topological polar surface area (TPSA) is 55.4 Å². The quantitative estimate of drug-likeness (QED) is 0.648. The van der Waals surface area contributed by atoms with Crippen LogP contribution in [0.1, 0.15) is 12.0 Å². The van der Waals surface area contributed by atoms with Crippen molar-refractivity contribution in [2.45, 2.75) is 12.5 Å². The van der Waals surface area contributed by atoms with Crippen molar-refractivity contribution < 1.29 is 18.7 Å². The van der Waals surface area contributed by atoms with Gasteiger partial charge in [0.2, 0.25) is 5.91 Å². The molecule has 0 bridgehead atoms. The molecule has 0 aromatic heterocycles. The first-order chi connectivity index (χ1) is 8.65. The molecule has 1 aliphatic heterocycles. The van der Waals surface area contributed by atoms with Crippen molar-refractivity contribution in [2.75, 3.05) is 6.61 Å². The van der Waals surface area contributed by atoms with E-state index in [9.17, 15) is 14.0 Å². The van der Waals surface area contributed by atoms with Crippen molar-refractivity contribution in [3.8, 4) is 0 Å². The van der Waals surface area contributed by atoms with Gasteiger partial charge in [0.15, 0.2) is 0 Å². The van der Waals surface area contributed by atoms with E-state index in [1.807, 2.05) is 0 Å². The van der Waals surface area contributed by atoms with Crippen LogP contribution in [0.2, 0.25) is 0 Å². The highest BCUT2D eigenvalue weighted by atomic mass is 19.1. The zero-order chi connectivity index (χ0) is 13.0. The minimum atomic E-state index is -0.560. The summed E-state index contributed by atoms with van der Waals surface area (Å²) in [6.45, 7) is 0.339. The molecule has 18 heavy (non-hydrogen) atoms. The standard InChI is InChI=1S/C13H12FNO3/c14-10-4-1-9(2-5-10)3-6-12(16)15-11-7-8-18-13(11)17/h1-6,11H,7-8H2,(H,15,16)/b6-3+/t11-/m0/s1. The number of hydrogen-bond donors (Lipinski definition) is 1. The van der Waals surface area contributed by atoms with E-state index >= 15 is 0 Å². The number of halogens is 1. The van der Waals surface area contributed by atoms with E-state index < -0.39 is 12.0 Å². The van der Waals surface area contributed by atoms with Gasteiger partial charge in [-0.1, -0.05) is 12.1 Å². The second-order valence-corrected chi connectivity index (χ2v) is 3.90. The lowest BCUT2D eigenvalue weighted by Gasteiger charge is -2.05. The predicted molar refractivity (Wildman–Crippen MR) is 62.9 cm³/mol. The number of benzene rings is 1. The Bertz CT molecular complexity index is 482. The Morgan fingerprint density at radius 2 is 2.11 bits per heavy atom. The molecule has 1 heterocycles. The van der Waals surface area contributed by atoms with Gasteiger partial charge < -0.3 is 10.1 Å². The number of amides is 1. The van der Waals surface area contributed by atoms with Crippen molar-refractivity contribution in [3.63, 3.8) is 0 Å². The highest BCUT2D eigenvalue weighted by molar-refractivity contribution is 5.94. The van der Waals surface area contributed by atoms with Gasteiger partial charge in [0.1, 0.15) is 11.9 Å². The van der Waals surface area contributed by atoms with Crippen LogP contribution in [0.3, 0.4) is 0 Å². The summed E-state index contributed by atoms with van der Waals surface area (Å²) in [6, 6.07) is 5.18. The van der Waals surface area contributed by atoms with Gasteiger partial charge in [-0.2, -0.15) is 0 Å². The van der Waals surface area contributed by atoms with E-state index in [1.54, 1.807) is 18.2 Å². The van der Waals surface area contributed by atoms with E-state index in [0.717, 1.165) is 0 Å². The van der Waals surface area contributed by atoms with Crippen molar-refractivity contribution in [3.05, 3.63) is 41.7 Å². The maximum absolute atomic E-state index is 12.6. The van der Waals surface area contributed by atoms with E-state index in [-0.39, 0.29) is 11.7 Å². The van der Waals surface area contributed by atoms with Gasteiger partial charge in [0, 0.05) is 12.5 Å². The number of carbonyl (C=O) groups is 2. The van der Waals surface area contributed by atoms with Crippen LogP contribution in [-0.2, 0) is 14.3 Å². The summed E-state index contributed by atoms with van der Waals surface area (Å²) in [4.78, 5) is 22.6. The first-order valence-electron chi connectivity index (χ1n) is 5.56. The smallest absolute Gasteiger partial charge is 0.328 e. The molecule has 0 radical (unpaired) electrons. The molecule has 1 atom stereocenters. The molecule has 94 valence electrons. The molecular weight excluding hydrogens is 237 g/mol. The highest BCUT2D eigenvalue weighted by Crippen LogP contribution is 2.07. The Balaban J connectivity index is 1.90. The molecule has 1 aliphatic rings. The number of ether oxygens (including phenoxy) is 1. The molecule has 2 rings (SSSR count). The first kappa shape index (κ1) is 12.3. The molecule has 4 nitrogen and oxygen atoms in total. The molecule has 5 heteroatoms. The average molecular weight is 249 g/mol. The lowest BCUT2D eigenvalue weighted by molar-refractivity contribution is -0.140. The largest absolute Gasteiger partial charge is 0.464 e. The van der Waals surface area contributed by atoms with Crippen molar-refractivity contribution in [1.29, 1.82) is 0 Å². The number of carbonyl (C=O) groups excluding carboxylic acids is 2. The third-order valence-corrected chi connectivity index (χ3v) is 2.55. The van der Waals surface area contributed by atoms with Crippen LogP contribution >= 0.6 is 0 Å². The van der Waals surface area contributed by atoms with Gasteiger partial charge in [-0.15, -0.1) is 0 Å². The fourth-order valence-electron chi connectivity index (χ4n) is 1.59. The third kappa shape index (κ3) is 3.16. The monoisotopic (exact) mass is 249 g/mol. The maximum Gasteiger partial charge on any atom is 0.328 e. The summed E-state index contributed by atoms with van der Waals surface area (Å²) in [5.74, 6) is -1.10. The minimum Gasteiger partial charge on any atom is -0.464 e.